The molecule has 5 atom stereocenters. The Hall–Kier alpha value is -1.94. The molecule has 2 unspecified atom stereocenters. The smallest absolute Gasteiger partial charge is 0.462 e. The third-order valence-corrected chi connectivity index (χ3v) is 21.2. The fourth-order valence-electron chi connectivity index (χ4n) is 12.8. The van der Waals surface area contributed by atoms with E-state index < -0.39 is 97.5 Å². The molecule has 0 heterocycles. The molecule has 0 aliphatic rings. The van der Waals surface area contributed by atoms with E-state index in [0.29, 0.717) is 25.7 Å². The highest BCUT2D eigenvalue weighted by molar-refractivity contribution is 7.47. The van der Waals surface area contributed by atoms with E-state index in [0.717, 1.165) is 95.8 Å². The SMILES string of the molecule is CCCCCCCCCCCCCCCCCCC(=O)OC[C@H](COP(=O)(O)OC[C@@H](O)COP(=O)(O)OC[C@@H](COC(=O)CCCCCCCCCCCCCC)OC(=O)CCCCCCCCCCCCCCCC)OC(=O)CCCCCCCCCCCCCCCCCCC(C)C. The number of carbonyl (C=O) groups is 4. The molecule has 0 bridgehead atoms. The zero-order chi connectivity index (χ0) is 74.1. The minimum Gasteiger partial charge on any atom is -0.462 e. The zero-order valence-corrected chi connectivity index (χ0v) is 67.8. The van der Waals surface area contributed by atoms with Gasteiger partial charge in [0.15, 0.2) is 12.2 Å². The normalized spacial score (nSPS) is 13.8. The number of aliphatic hydroxyl groups is 1. The Balaban J connectivity index is 5.25. The molecule has 0 spiro atoms. The highest BCUT2D eigenvalue weighted by atomic mass is 31.2. The van der Waals surface area contributed by atoms with Crippen LogP contribution in [0.1, 0.15) is 439 Å². The lowest BCUT2D eigenvalue weighted by Gasteiger charge is -2.21. The van der Waals surface area contributed by atoms with Gasteiger partial charge in [0, 0.05) is 25.7 Å². The third kappa shape index (κ3) is 76.1. The summed E-state index contributed by atoms with van der Waals surface area (Å²) in [6.45, 7) is 7.38. The maximum atomic E-state index is 13.1. The van der Waals surface area contributed by atoms with Crippen LogP contribution >= 0.6 is 15.6 Å². The standard InChI is InChI=1S/C82H160O17P2/c1-6-9-12-15-18-21-24-27-29-33-37-41-46-51-56-61-66-80(85)93-72-78(99-82(87)68-63-58-53-48-43-38-34-31-30-32-35-39-44-49-54-59-64-75(4)5)74-97-101(90,91)95-70-76(83)69-94-100(88,89)96-73-77(71-92-79(84)65-60-55-50-45-40-26-23-20-17-14-11-8-3)98-81(86)67-62-57-52-47-42-36-28-25-22-19-16-13-10-7-2/h75-78,83H,6-74H2,1-5H3,(H,88,89)(H,90,91)/t76-,77+,78+/m0/s1. The van der Waals surface area contributed by atoms with E-state index in [-0.39, 0.29) is 25.7 Å². The summed E-state index contributed by atoms with van der Waals surface area (Å²) in [6, 6.07) is 0. The predicted molar refractivity (Wildman–Crippen MR) is 414 cm³/mol. The molecule has 0 fully saturated rings. The molecule has 0 radical (unpaired) electrons. The van der Waals surface area contributed by atoms with E-state index in [1.54, 1.807) is 0 Å². The number of esters is 4. The summed E-state index contributed by atoms with van der Waals surface area (Å²) >= 11 is 0. The molecule has 0 saturated carbocycles. The summed E-state index contributed by atoms with van der Waals surface area (Å²) < 4.78 is 68.8. The molecule has 0 aliphatic carbocycles. The zero-order valence-electron chi connectivity index (χ0n) is 66.1. The van der Waals surface area contributed by atoms with Crippen LogP contribution in [0.25, 0.3) is 0 Å². The Morgan fingerprint density at radius 2 is 0.455 bits per heavy atom. The topological polar surface area (TPSA) is 237 Å². The van der Waals surface area contributed by atoms with E-state index in [4.69, 9.17) is 37.0 Å². The van der Waals surface area contributed by atoms with Gasteiger partial charge in [0.05, 0.1) is 26.4 Å². The second-order valence-corrected chi connectivity index (χ2v) is 32.9. The van der Waals surface area contributed by atoms with E-state index in [1.807, 2.05) is 0 Å². The van der Waals surface area contributed by atoms with Gasteiger partial charge in [0.25, 0.3) is 0 Å². The molecule has 19 heteroatoms. The van der Waals surface area contributed by atoms with Crippen molar-refractivity contribution in [3.8, 4) is 0 Å². The Morgan fingerprint density at radius 1 is 0.267 bits per heavy atom. The summed E-state index contributed by atoms with van der Waals surface area (Å²) in [7, 11) is -9.92. The molecular weight excluding hydrogens is 1320 g/mol. The monoisotopic (exact) mass is 1480 g/mol. The average molecular weight is 1480 g/mol. The number of carbonyl (C=O) groups excluding carboxylic acids is 4. The molecule has 3 N–H and O–H groups in total. The number of hydrogen-bond acceptors (Lipinski definition) is 15. The van der Waals surface area contributed by atoms with Crippen molar-refractivity contribution in [3.05, 3.63) is 0 Å². The Bertz CT molecular complexity index is 1930. The molecule has 17 nitrogen and oxygen atoms in total. The summed E-state index contributed by atoms with van der Waals surface area (Å²) in [6.07, 6.45) is 66.4. The first-order chi connectivity index (χ1) is 49.0. The van der Waals surface area contributed by atoms with Crippen molar-refractivity contribution in [2.75, 3.05) is 39.6 Å². The summed E-state index contributed by atoms with van der Waals surface area (Å²) in [5.74, 6) is -1.29. The van der Waals surface area contributed by atoms with Crippen LogP contribution in [0.4, 0.5) is 0 Å². The third-order valence-electron chi connectivity index (χ3n) is 19.3. The van der Waals surface area contributed by atoms with Gasteiger partial charge < -0.3 is 33.8 Å². The number of hydrogen-bond donors (Lipinski definition) is 3. The van der Waals surface area contributed by atoms with Gasteiger partial charge in [-0.25, -0.2) is 9.13 Å². The van der Waals surface area contributed by atoms with E-state index >= 15 is 0 Å². The van der Waals surface area contributed by atoms with Crippen LogP contribution in [0.2, 0.25) is 0 Å². The molecule has 0 saturated heterocycles. The minimum absolute atomic E-state index is 0.109. The van der Waals surface area contributed by atoms with E-state index in [2.05, 4.69) is 34.6 Å². The number of unbranched alkanes of at least 4 members (excludes halogenated alkanes) is 54. The Kier molecular flexibility index (Phi) is 73.5. The maximum Gasteiger partial charge on any atom is 0.472 e. The van der Waals surface area contributed by atoms with Gasteiger partial charge in [-0.2, -0.15) is 0 Å². The number of phosphoric ester groups is 2. The lowest BCUT2D eigenvalue weighted by atomic mass is 10.0. The molecule has 600 valence electrons. The second-order valence-electron chi connectivity index (χ2n) is 30.0. The van der Waals surface area contributed by atoms with Gasteiger partial charge in [-0.1, -0.05) is 388 Å². The highest BCUT2D eigenvalue weighted by Gasteiger charge is 2.30. The van der Waals surface area contributed by atoms with Gasteiger partial charge in [-0.3, -0.25) is 37.3 Å². The van der Waals surface area contributed by atoms with E-state index in [1.165, 1.54) is 263 Å². The van der Waals surface area contributed by atoms with Crippen LogP contribution in [0, 0.1) is 5.92 Å². The van der Waals surface area contributed by atoms with Crippen molar-refractivity contribution >= 4 is 39.5 Å². The van der Waals surface area contributed by atoms with Crippen molar-refractivity contribution in [3.63, 3.8) is 0 Å². The van der Waals surface area contributed by atoms with Crippen molar-refractivity contribution in [2.45, 2.75) is 457 Å². The number of aliphatic hydroxyl groups excluding tert-OH is 1. The number of ether oxygens (including phenoxy) is 4. The molecule has 0 aromatic rings. The van der Waals surface area contributed by atoms with Crippen LogP contribution in [-0.2, 0) is 65.4 Å². The first-order valence-corrected chi connectivity index (χ1v) is 45.6. The molecular formula is C82H160O17P2. The van der Waals surface area contributed by atoms with Crippen LogP contribution in [0.3, 0.4) is 0 Å². The van der Waals surface area contributed by atoms with Crippen molar-refractivity contribution in [1.82, 2.24) is 0 Å². The summed E-state index contributed by atoms with van der Waals surface area (Å²) in [5.41, 5.74) is 0. The van der Waals surface area contributed by atoms with Crippen LogP contribution in [-0.4, -0.2) is 96.7 Å². The van der Waals surface area contributed by atoms with Gasteiger partial charge in [0.2, 0.25) is 0 Å². The van der Waals surface area contributed by atoms with Crippen LogP contribution in [0.5, 0.6) is 0 Å². The lowest BCUT2D eigenvalue weighted by Crippen LogP contribution is -2.30. The quantitative estimate of drug-likeness (QED) is 0.0222. The van der Waals surface area contributed by atoms with Crippen molar-refractivity contribution in [1.29, 1.82) is 0 Å². The molecule has 0 aromatic carbocycles. The lowest BCUT2D eigenvalue weighted by molar-refractivity contribution is -0.161. The molecule has 0 amide bonds. The van der Waals surface area contributed by atoms with Gasteiger partial charge >= 0.3 is 39.5 Å². The number of rotatable bonds is 82. The molecule has 0 aliphatic heterocycles. The van der Waals surface area contributed by atoms with Crippen molar-refractivity contribution in [2.24, 2.45) is 5.92 Å². The summed E-state index contributed by atoms with van der Waals surface area (Å²) in [5, 5.41) is 10.7. The predicted octanol–water partition coefficient (Wildman–Crippen LogP) is 24.8. The fraction of sp³-hybridized carbons (Fsp3) is 0.951. The summed E-state index contributed by atoms with van der Waals surface area (Å²) in [4.78, 5) is 73.1. The molecule has 0 rings (SSSR count). The molecule has 0 aromatic heterocycles. The van der Waals surface area contributed by atoms with Gasteiger partial charge in [-0.05, 0) is 31.6 Å². The number of phosphoric acid groups is 2. The second kappa shape index (κ2) is 74.9. The van der Waals surface area contributed by atoms with Crippen molar-refractivity contribution < 1.29 is 80.2 Å². The average Bonchev–Trinajstić information content (AvgIpc) is 0.963. The first-order valence-electron chi connectivity index (χ1n) is 42.6. The van der Waals surface area contributed by atoms with E-state index in [9.17, 15) is 43.2 Å². The van der Waals surface area contributed by atoms with Crippen LogP contribution in [0.15, 0.2) is 0 Å². The maximum absolute atomic E-state index is 13.1. The molecule has 101 heavy (non-hydrogen) atoms. The first kappa shape index (κ1) is 99.1. The minimum atomic E-state index is -4.96. The highest BCUT2D eigenvalue weighted by Crippen LogP contribution is 2.45. The largest absolute Gasteiger partial charge is 0.472 e. The van der Waals surface area contributed by atoms with Gasteiger partial charge in [0.1, 0.15) is 19.3 Å². The van der Waals surface area contributed by atoms with Gasteiger partial charge in [-0.15, -0.1) is 0 Å². The Labute approximate surface area is 619 Å². The fourth-order valence-corrected chi connectivity index (χ4v) is 14.3. The van der Waals surface area contributed by atoms with Crippen LogP contribution < -0.4 is 0 Å². The Morgan fingerprint density at radius 3 is 0.673 bits per heavy atom.